The number of β-amino-alcohol motifs (C(OH)–C–C–N with tert-alkyl or cyclic N) is 1. The van der Waals surface area contributed by atoms with Crippen LogP contribution in [0.1, 0.15) is 16.8 Å². The molecule has 0 atom stereocenters. The lowest BCUT2D eigenvalue weighted by atomic mass is 10.1. The van der Waals surface area contributed by atoms with Crippen LogP contribution in [0.2, 0.25) is 5.15 Å². The van der Waals surface area contributed by atoms with Gasteiger partial charge in [-0.3, -0.25) is 14.3 Å². The Morgan fingerprint density at radius 3 is 2.29 bits per heavy atom. The van der Waals surface area contributed by atoms with Gasteiger partial charge >= 0.3 is 0 Å². The highest BCUT2D eigenvalue weighted by Crippen LogP contribution is 2.32. The number of hydrogen-bond donors (Lipinski definition) is 2. The molecule has 3 aromatic rings. The quantitative estimate of drug-likeness (QED) is 0.528. The average molecular weight is 441 g/mol. The fourth-order valence-electron chi connectivity index (χ4n) is 4.23. The number of halogens is 1. The summed E-state index contributed by atoms with van der Waals surface area (Å²) in [5.41, 5.74) is 2.38. The molecule has 1 aliphatic heterocycles. The minimum atomic E-state index is -0.136. The topological polar surface area (TPSA) is 60.7 Å². The van der Waals surface area contributed by atoms with Gasteiger partial charge in [0.1, 0.15) is 5.15 Å². The Morgan fingerprint density at radius 1 is 0.935 bits per heavy atom. The van der Waals surface area contributed by atoms with Crippen LogP contribution in [0.4, 0.5) is 0 Å². The molecule has 2 N–H and O–H groups in total. The van der Waals surface area contributed by atoms with Crippen molar-refractivity contribution < 1.29 is 9.90 Å². The van der Waals surface area contributed by atoms with E-state index in [-0.39, 0.29) is 12.5 Å². The number of aliphatic hydroxyl groups excluding tert-OH is 1. The summed E-state index contributed by atoms with van der Waals surface area (Å²) in [6, 6.07) is 17.7. The molecule has 0 radical (unpaired) electrons. The van der Waals surface area contributed by atoms with Crippen LogP contribution in [0.25, 0.3) is 16.6 Å². The summed E-state index contributed by atoms with van der Waals surface area (Å²) in [7, 11) is 0. The van der Waals surface area contributed by atoms with E-state index in [2.05, 4.69) is 15.1 Å². The average Bonchev–Trinajstić information content (AvgIpc) is 3.10. The number of amides is 1. The van der Waals surface area contributed by atoms with E-state index in [4.69, 9.17) is 16.7 Å². The van der Waals surface area contributed by atoms with Crippen molar-refractivity contribution in [2.24, 2.45) is 0 Å². The van der Waals surface area contributed by atoms with E-state index in [0.717, 1.165) is 62.3 Å². The van der Waals surface area contributed by atoms with Gasteiger partial charge in [0, 0.05) is 50.3 Å². The molecular formula is C24H29ClN4O2. The highest BCUT2D eigenvalue weighted by Gasteiger charge is 2.22. The number of aliphatic hydroxyl groups is 1. The molecule has 0 spiro atoms. The molecule has 4 rings (SSSR count). The van der Waals surface area contributed by atoms with E-state index in [1.54, 1.807) is 0 Å². The van der Waals surface area contributed by atoms with Gasteiger partial charge in [0.05, 0.1) is 17.7 Å². The van der Waals surface area contributed by atoms with Crippen LogP contribution < -0.4 is 5.32 Å². The number of aromatic nitrogens is 1. The third-order valence-corrected chi connectivity index (χ3v) is 6.23. The lowest BCUT2D eigenvalue weighted by Crippen LogP contribution is -2.47. The van der Waals surface area contributed by atoms with E-state index in [1.165, 1.54) is 0 Å². The molecule has 0 unspecified atom stereocenters. The molecule has 1 aromatic heterocycles. The smallest absolute Gasteiger partial charge is 0.255 e. The van der Waals surface area contributed by atoms with Crippen LogP contribution in [0.3, 0.4) is 0 Å². The number of fused-ring (bicyclic) bond motifs is 1. The Kier molecular flexibility index (Phi) is 7.25. The number of carbonyl (C=O) groups is 1. The summed E-state index contributed by atoms with van der Waals surface area (Å²) in [5.74, 6) is -0.136. The van der Waals surface area contributed by atoms with E-state index in [1.807, 2.05) is 59.2 Å². The number of rotatable bonds is 8. The molecule has 1 fully saturated rings. The second-order valence-electron chi connectivity index (χ2n) is 7.87. The molecule has 0 bridgehead atoms. The predicted molar refractivity (Wildman–Crippen MR) is 125 cm³/mol. The van der Waals surface area contributed by atoms with Crippen molar-refractivity contribution in [1.82, 2.24) is 19.7 Å². The molecule has 1 aliphatic rings. The van der Waals surface area contributed by atoms with Gasteiger partial charge in [-0.15, -0.1) is 0 Å². The van der Waals surface area contributed by atoms with Crippen molar-refractivity contribution in [2.75, 3.05) is 52.4 Å². The van der Waals surface area contributed by atoms with Gasteiger partial charge < -0.3 is 15.3 Å². The highest BCUT2D eigenvalue weighted by molar-refractivity contribution is 6.36. The number of hydrogen-bond acceptors (Lipinski definition) is 4. The van der Waals surface area contributed by atoms with Crippen molar-refractivity contribution in [3.63, 3.8) is 0 Å². The molecule has 1 amide bonds. The lowest BCUT2D eigenvalue weighted by molar-refractivity contribution is 0.0946. The summed E-state index contributed by atoms with van der Waals surface area (Å²) < 4.78 is 1.93. The van der Waals surface area contributed by atoms with E-state index >= 15 is 0 Å². The molecule has 6 nitrogen and oxygen atoms in total. The van der Waals surface area contributed by atoms with Crippen LogP contribution >= 0.6 is 11.6 Å². The summed E-state index contributed by atoms with van der Waals surface area (Å²) in [6.45, 7) is 6.51. The van der Waals surface area contributed by atoms with Gasteiger partial charge in [-0.25, -0.2) is 0 Å². The Bertz CT molecular complexity index is 1010. The number of para-hydroxylation sites is 2. The second kappa shape index (κ2) is 10.3. The monoisotopic (exact) mass is 440 g/mol. The predicted octanol–water partition coefficient (Wildman–Crippen LogP) is 3.01. The van der Waals surface area contributed by atoms with Crippen molar-refractivity contribution in [1.29, 1.82) is 0 Å². The van der Waals surface area contributed by atoms with Crippen molar-refractivity contribution in [3.8, 4) is 5.69 Å². The molecule has 164 valence electrons. The van der Waals surface area contributed by atoms with Gasteiger partial charge in [0.15, 0.2) is 0 Å². The fraction of sp³-hybridized carbons (Fsp3) is 0.375. The van der Waals surface area contributed by atoms with E-state index in [0.29, 0.717) is 17.3 Å². The van der Waals surface area contributed by atoms with Crippen LogP contribution in [0.15, 0.2) is 54.6 Å². The molecule has 31 heavy (non-hydrogen) atoms. The van der Waals surface area contributed by atoms with Crippen LogP contribution in [-0.2, 0) is 0 Å². The number of piperazine rings is 1. The Morgan fingerprint density at radius 2 is 1.58 bits per heavy atom. The van der Waals surface area contributed by atoms with Gasteiger partial charge in [0.2, 0.25) is 0 Å². The number of benzene rings is 2. The zero-order valence-corrected chi connectivity index (χ0v) is 18.4. The van der Waals surface area contributed by atoms with Crippen LogP contribution in [-0.4, -0.2) is 77.8 Å². The largest absolute Gasteiger partial charge is 0.395 e. The summed E-state index contributed by atoms with van der Waals surface area (Å²) in [5, 5.41) is 13.4. The second-order valence-corrected chi connectivity index (χ2v) is 8.23. The van der Waals surface area contributed by atoms with Gasteiger partial charge in [-0.05, 0) is 31.2 Å². The first-order valence-corrected chi connectivity index (χ1v) is 11.2. The number of nitrogens with zero attached hydrogens (tertiary/aromatic N) is 3. The molecular weight excluding hydrogens is 412 g/mol. The van der Waals surface area contributed by atoms with E-state index in [9.17, 15) is 4.79 Å². The molecule has 0 aliphatic carbocycles. The van der Waals surface area contributed by atoms with Gasteiger partial charge in [-0.1, -0.05) is 48.0 Å². The first kappa shape index (κ1) is 21.8. The zero-order valence-electron chi connectivity index (χ0n) is 17.6. The third kappa shape index (κ3) is 4.93. The number of nitrogens with one attached hydrogen (secondary N) is 1. The lowest BCUT2D eigenvalue weighted by Gasteiger charge is -2.34. The van der Waals surface area contributed by atoms with Crippen LogP contribution in [0, 0.1) is 0 Å². The first-order chi connectivity index (χ1) is 15.2. The molecule has 7 heteroatoms. The number of carbonyl (C=O) groups excluding carboxylic acids is 1. The SMILES string of the molecule is O=C(NCCCN1CCN(CCO)CC1)c1c(Cl)n(-c2ccccc2)c2ccccc12. The summed E-state index contributed by atoms with van der Waals surface area (Å²) >= 11 is 6.73. The third-order valence-electron chi connectivity index (χ3n) is 5.88. The molecule has 2 heterocycles. The van der Waals surface area contributed by atoms with Crippen LogP contribution in [0.5, 0.6) is 0 Å². The maximum absolute atomic E-state index is 13.0. The molecule has 2 aromatic carbocycles. The Hall–Kier alpha value is -2.38. The summed E-state index contributed by atoms with van der Waals surface area (Å²) in [6.07, 6.45) is 0.890. The zero-order chi connectivity index (χ0) is 21.6. The first-order valence-electron chi connectivity index (χ1n) is 10.9. The Labute approximate surface area is 188 Å². The molecule has 1 saturated heterocycles. The van der Waals surface area contributed by atoms with Gasteiger partial charge in [-0.2, -0.15) is 0 Å². The highest BCUT2D eigenvalue weighted by atomic mass is 35.5. The normalized spacial score (nSPS) is 15.4. The fourth-order valence-corrected chi connectivity index (χ4v) is 4.60. The summed E-state index contributed by atoms with van der Waals surface area (Å²) in [4.78, 5) is 17.7. The maximum atomic E-state index is 13.0. The molecule has 0 saturated carbocycles. The standard InChI is InChI=1S/C24H29ClN4O2/c25-23-22(20-9-4-5-10-21(20)29(23)19-7-2-1-3-8-19)24(31)26-11-6-12-27-13-15-28(16-14-27)17-18-30/h1-5,7-10,30H,6,11-18H2,(H,26,31). The van der Waals surface area contributed by atoms with Crippen molar-refractivity contribution >= 4 is 28.4 Å². The van der Waals surface area contributed by atoms with Crippen molar-refractivity contribution in [3.05, 3.63) is 65.3 Å². The Balaban J connectivity index is 1.39. The minimum Gasteiger partial charge on any atom is -0.395 e. The minimum absolute atomic E-state index is 0.136. The van der Waals surface area contributed by atoms with Gasteiger partial charge in [0.25, 0.3) is 5.91 Å². The maximum Gasteiger partial charge on any atom is 0.255 e. The van der Waals surface area contributed by atoms with Crippen molar-refractivity contribution in [2.45, 2.75) is 6.42 Å². The van der Waals surface area contributed by atoms with E-state index < -0.39 is 0 Å².